The molecule has 2 rings (SSSR count). The maximum Gasteiger partial charge on any atom is 0.110 e. The third-order valence-corrected chi connectivity index (χ3v) is 4.75. The van der Waals surface area contributed by atoms with Crippen molar-refractivity contribution in [3.05, 3.63) is 16.9 Å². The average Bonchev–Trinajstić information content (AvgIpc) is 2.69. The molecule has 102 valence electrons. The van der Waals surface area contributed by atoms with Gasteiger partial charge in [0, 0.05) is 6.04 Å². The maximum atomic E-state index is 11.1. The van der Waals surface area contributed by atoms with Crippen molar-refractivity contribution in [3.8, 4) is 0 Å². The molecular weight excluding hydrogens is 248 g/mol. The minimum atomic E-state index is -0.838. The minimum absolute atomic E-state index is 0.206. The number of aromatic nitrogens is 2. The monoisotopic (exact) mass is 270 g/mol. The Morgan fingerprint density at radius 1 is 1.50 bits per heavy atom. The Bertz CT molecular complexity index is 429. The number of hydrogen-bond acceptors (Lipinski definition) is 2. The van der Waals surface area contributed by atoms with Crippen molar-refractivity contribution in [2.75, 3.05) is 0 Å². The SMILES string of the molecule is CC1CCCC(O)(c2c(Cl)cnn2C(C)C)C1C. The van der Waals surface area contributed by atoms with Crippen LogP contribution >= 0.6 is 11.6 Å². The van der Waals surface area contributed by atoms with Gasteiger partial charge in [0.15, 0.2) is 0 Å². The molecule has 0 amide bonds. The summed E-state index contributed by atoms with van der Waals surface area (Å²) in [7, 11) is 0. The normalized spacial score (nSPS) is 33.1. The van der Waals surface area contributed by atoms with Crippen LogP contribution < -0.4 is 0 Å². The average molecular weight is 271 g/mol. The van der Waals surface area contributed by atoms with E-state index < -0.39 is 5.60 Å². The van der Waals surface area contributed by atoms with Crippen LogP contribution in [-0.2, 0) is 5.60 Å². The molecule has 1 saturated carbocycles. The highest BCUT2D eigenvalue weighted by molar-refractivity contribution is 6.31. The third-order valence-electron chi connectivity index (χ3n) is 4.47. The van der Waals surface area contributed by atoms with Crippen molar-refractivity contribution in [1.29, 1.82) is 0 Å². The van der Waals surface area contributed by atoms with Crippen molar-refractivity contribution in [3.63, 3.8) is 0 Å². The van der Waals surface area contributed by atoms with Gasteiger partial charge in [0.1, 0.15) is 5.60 Å². The van der Waals surface area contributed by atoms with E-state index in [0.717, 1.165) is 18.5 Å². The van der Waals surface area contributed by atoms with Gasteiger partial charge in [-0.2, -0.15) is 5.10 Å². The van der Waals surface area contributed by atoms with Crippen LogP contribution in [0, 0.1) is 11.8 Å². The molecule has 1 aromatic rings. The van der Waals surface area contributed by atoms with Gasteiger partial charge in [0.25, 0.3) is 0 Å². The molecule has 0 bridgehead atoms. The van der Waals surface area contributed by atoms with Crippen LogP contribution in [-0.4, -0.2) is 14.9 Å². The first kappa shape index (κ1) is 13.9. The molecule has 1 aromatic heterocycles. The fraction of sp³-hybridized carbons (Fsp3) is 0.786. The van der Waals surface area contributed by atoms with Gasteiger partial charge in [-0.25, -0.2) is 0 Å². The zero-order valence-electron chi connectivity index (χ0n) is 11.7. The van der Waals surface area contributed by atoms with E-state index in [1.807, 2.05) is 4.68 Å². The maximum absolute atomic E-state index is 11.1. The van der Waals surface area contributed by atoms with Gasteiger partial charge in [0.05, 0.1) is 16.9 Å². The summed E-state index contributed by atoms with van der Waals surface area (Å²) in [5, 5.41) is 16.0. The zero-order chi connectivity index (χ0) is 13.5. The molecule has 0 saturated heterocycles. The number of hydrogen-bond donors (Lipinski definition) is 1. The molecule has 3 unspecified atom stereocenters. The van der Waals surface area contributed by atoms with E-state index >= 15 is 0 Å². The molecule has 0 radical (unpaired) electrons. The molecular formula is C14H23ClN2O. The van der Waals surface area contributed by atoms with Crippen LogP contribution in [0.3, 0.4) is 0 Å². The van der Waals surface area contributed by atoms with Crippen LogP contribution in [0.5, 0.6) is 0 Å². The van der Waals surface area contributed by atoms with Gasteiger partial charge >= 0.3 is 0 Å². The molecule has 0 spiro atoms. The molecule has 1 N–H and O–H groups in total. The highest BCUT2D eigenvalue weighted by Gasteiger charge is 2.45. The van der Waals surface area contributed by atoms with Gasteiger partial charge in [-0.05, 0) is 38.5 Å². The summed E-state index contributed by atoms with van der Waals surface area (Å²) in [6.45, 7) is 8.46. The van der Waals surface area contributed by atoms with E-state index in [1.54, 1.807) is 6.20 Å². The molecule has 3 nitrogen and oxygen atoms in total. The highest BCUT2D eigenvalue weighted by atomic mass is 35.5. The molecule has 1 aliphatic carbocycles. The highest BCUT2D eigenvalue weighted by Crippen LogP contribution is 2.46. The molecule has 1 fully saturated rings. The Kier molecular flexibility index (Phi) is 3.75. The summed E-state index contributed by atoms with van der Waals surface area (Å²) < 4.78 is 1.87. The lowest BCUT2D eigenvalue weighted by atomic mass is 9.69. The van der Waals surface area contributed by atoms with E-state index in [2.05, 4.69) is 32.8 Å². The Morgan fingerprint density at radius 2 is 2.17 bits per heavy atom. The summed E-state index contributed by atoms with van der Waals surface area (Å²) in [5.74, 6) is 0.716. The van der Waals surface area contributed by atoms with Crippen molar-refractivity contribution in [1.82, 2.24) is 9.78 Å². The van der Waals surface area contributed by atoms with Gasteiger partial charge in [-0.3, -0.25) is 4.68 Å². The number of rotatable bonds is 2. The van der Waals surface area contributed by atoms with Crippen molar-refractivity contribution >= 4 is 11.6 Å². The van der Waals surface area contributed by atoms with Crippen LogP contribution in [0.4, 0.5) is 0 Å². The number of halogens is 1. The lowest BCUT2D eigenvalue weighted by Gasteiger charge is -2.42. The molecule has 4 heteroatoms. The molecule has 18 heavy (non-hydrogen) atoms. The second-order valence-electron chi connectivity index (χ2n) is 5.96. The predicted octanol–water partition coefficient (Wildman–Crippen LogP) is 3.76. The van der Waals surface area contributed by atoms with Crippen molar-refractivity contribution < 1.29 is 5.11 Å². The second-order valence-corrected chi connectivity index (χ2v) is 6.37. The van der Waals surface area contributed by atoms with Gasteiger partial charge < -0.3 is 5.11 Å². The third kappa shape index (κ3) is 2.08. The molecule has 0 aliphatic heterocycles. The number of aliphatic hydroxyl groups is 1. The predicted molar refractivity (Wildman–Crippen MR) is 73.7 cm³/mol. The first-order valence-electron chi connectivity index (χ1n) is 6.83. The first-order valence-corrected chi connectivity index (χ1v) is 7.21. The van der Waals surface area contributed by atoms with Gasteiger partial charge in [-0.1, -0.05) is 31.9 Å². The zero-order valence-corrected chi connectivity index (χ0v) is 12.4. The van der Waals surface area contributed by atoms with Gasteiger partial charge in [-0.15, -0.1) is 0 Å². The molecule has 1 aliphatic rings. The van der Waals surface area contributed by atoms with E-state index in [1.165, 1.54) is 6.42 Å². The molecule has 0 aromatic carbocycles. The molecule has 3 atom stereocenters. The van der Waals surface area contributed by atoms with Crippen molar-refractivity contribution in [2.45, 2.75) is 58.6 Å². The topological polar surface area (TPSA) is 38.1 Å². The lowest BCUT2D eigenvalue weighted by Crippen LogP contribution is -2.42. The summed E-state index contributed by atoms with van der Waals surface area (Å²) in [6.07, 6.45) is 4.65. The second kappa shape index (κ2) is 4.86. The van der Waals surface area contributed by atoms with E-state index in [4.69, 9.17) is 11.6 Å². The first-order chi connectivity index (χ1) is 8.38. The number of nitrogens with zero attached hydrogens (tertiary/aromatic N) is 2. The Morgan fingerprint density at radius 3 is 2.78 bits per heavy atom. The molecule has 1 heterocycles. The standard InChI is InChI=1S/C14H23ClN2O/c1-9(2)17-13(12(15)8-16-17)14(18)7-5-6-10(3)11(14)4/h8-11,18H,5-7H2,1-4H3. The van der Waals surface area contributed by atoms with E-state index in [0.29, 0.717) is 10.9 Å². The van der Waals surface area contributed by atoms with E-state index in [-0.39, 0.29) is 12.0 Å². The Hall–Kier alpha value is -0.540. The van der Waals surface area contributed by atoms with E-state index in [9.17, 15) is 5.11 Å². The van der Waals surface area contributed by atoms with Gasteiger partial charge in [0.2, 0.25) is 0 Å². The minimum Gasteiger partial charge on any atom is -0.383 e. The van der Waals surface area contributed by atoms with Crippen molar-refractivity contribution in [2.24, 2.45) is 11.8 Å². The fourth-order valence-corrected chi connectivity index (χ4v) is 3.41. The summed E-state index contributed by atoms with van der Waals surface area (Å²) in [4.78, 5) is 0. The smallest absolute Gasteiger partial charge is 0.110 e. The summed E-state index contributed by atoms with van der Waals surface area (Å²) in [5.41, 5.74) is -0.0339. The summed E-state index contributed by atoms with van der Waals surface area (Å²) in [6, 6.07) is 0.209. The fourth-order valence-electron chi connectivity index (χ4n) is 3.11. The lowest BCUT2D eigenvalue weighted by molar-refractivity contribution is -0.0757. The quantitative estimate of drug-likeness (QED) is 0.889. The summed E-state index contributed by atoms with van der Waals surface area (Å²) >= 11 is 6.28. The Balaban J connectivity index is 2.49. The Labute approximate surface area is 114 Å². The largest absolute Gasteiger partial charge is 0.383 e. The van der Waals surface area contributed by atoms with Crippen LogP contribution in [0.2, 0.25) is 5.02 Å². The van der Waals surface area contributed by atoms with Crippen LogP contribution in [0.1, 0.15) is 58.7 Å². The van der Waals surface area contributed by atoms with Crippen LogP contribution in [0.25, 0.3) is 0 Å². The van der Waals surface area contributed by atoms with Crippen LogP contribution in [0.15, 0.2) is 6.20 Å².